The molecule has 7 heteroatoms. The minimum atomic E-state index is -1.98. The first-order chi connectivity index (χ1) is 18.3. The van der Waals surface area contributed by atoms with Gasteiger partial charge in [-0.2, -0.15) is 0 Å². The highest BCUT2D eigenvalue weighted by atomic mass is 16.6. The molecule has 0 radical (unpaired) electrons. The van der Waals surface area contributed by atoms with Crippen molar-refractivity contribution in [3.63, 3.8) is 0 Å². The van der Waals surface area contributed by atoms with Crippen molar-refractivity contribution in [3.05, 3.63) is 100 Å². The second-order valence-electron chi connectivity index (χ2n) is 9.05. The first-order valence-corrected chi connectivity index (χ1v) is 12.5. The molecule has 192 valence electrons. The molecular weight excluding hydrogens is 482 g/mol. The van der Waals surface area contributed by atoms with Gasteiger partial charge in [-0.3, -0.25) is 4.79 Å². The molecule has 1 aliphatic heterocycles. The summed E-state index contributed by atoms with van der Waals surface area (Å²) in [7, 11) is 0. The van der Waals surface area contributed by atoms with Crippen molar-refractivity contribution in [2.75, 3.05) is 13.2 Å². The molecule has 0 aromatic heterocycles. The van der Waals surface area contributed by atoms with Crippen LogP contribution in [0.15, 0.2) is 82.9 Å². The number of rotatable bonds is 5. The summed E-state index contributed by atoms with van der Waals surface area (Å²) in [6.45, 7) is 7.17. The van der Waals surface area contributed by atoms with Crippen molar-refractivity contribution in [3.8, 4) is 11.1 Å². The van der Waals surface area contributed by atoms with Crippen molar-refractivity contribution in [1.29, 1.82) is 0 Å². The highest BCUT2D eigenvalue weighted by molar-refractivity contribution is 6.30. The molecule has 2 aliphatic rings. The number of esters is 2. The van der Waals surface area contributed by atoms with E-state index >= 15 is 0 Å². The average molecular weight is 510 g/mol. The first kappa shape index (κ1) is 25.1. The van der Waals surface area contributed by atoms with Crippen molar-refractivity contribution >= 4 is 29.3 Å². The fraction of sp³-hybridized carbons (Fsp3) is 0.226. The predicted molar refractivity (Wildman–Crippen MR) is 142 cm³/mol. The van der Waals surface area contributed by atoms with Gasteiger partial charge >= 0.3 is 11.9 Å². The Balaban J connectivity index is 1.89. The minimum Gasteiger partial charge on any atom is -0.462 e. The summed E-state index contributed by atoms with van der Waals surface area (Å²) in [4.78, 5) is 46.3. The van der Waals surface area contributed by atoms with Crippen LogP contribution in [0.5, 0.6) is 0 Å². The lowest BCUT2D eigenvalue weighted by molar-refractivity contribution is -0.142. The second-order valence-corrected chi connectivity index (χ2v) is 9.05. The van der Waals surface area contributed by atoms with E-state index in [0.717, 1.165) is 11.1 Å². The second kappa shape index (κ2) is 9.74. The number of nitrogens with zero attached hydrogens (tertiary/aromatic N) is 1. The summed E-state index contributed by atoms with van der Waals surface area (Å²) in [5, 5.41) is 0. The number of fused-ring (bicyclic) bond motifs is 4. The van der Waals surface area contributed by atoms with Gasteiger partial charge in [0.05, 0.1) is 18.9 Å². The fourth-order valence-corrected chi connectivity index (χ4v) is 5.14. The van der Waals surface area contributed by atoms with E-state index in [1.54, 1.807) is 38.1 Å². The third-order valence-corrected chi connectivity index (χ3v) is 6.77. The molecule has 3 aromatic carbocycles. The molecule has 0 fully saturated rings. The number of para-hydroxylation sites is 1. The molecule has 1 spiro atoms. The van der Waals surface area contributed by atoms with Crippen LogP contribution < -0.4 is 0 Å². The molecule has 7 nitrogen and oxygen atoms in total. The average Bonchev–Trinajstić information content (AvgIpc) is 3.26. The van der Waals surface area contributed by atoms with E-state index < -0.39 is 23.3 Å². The Bertz CT molecular complexity index is 1530. The third kappa shape index (κ3) is 3.74. The van der Waals surface area contributed by atoms with E-state index in [0.29, 0.717) is 27.9 Å². The summed E-state index contributed by atoms with van der Waals surface area (Å²) in [6.07, 6.45) is 0. The number of aryl methyl sites for hydroxylation is 2. The van der Waals surface area contributed by atoms with E-state index in [4.69, 9.17) is 19.2 Å². The van der Waals surface area contributed by atoms with Crippen LogP contribution in [0.4, 0.5) is 5.69 Å². The quantitative estimate of drug-likeness (QED) is 0.419. The molecule has 0 bridgehead atoms. The monoisotopic (exact) mass is 509 g/mol. The normalized spacial score (nSPS) is 18.7. The number of hydrogen-bond donors (Lipinski definition) is 0. The van der Waals surface area contributed by atoms with Gasteiger partial charge in [-0.1, -0.05) is 66.7 Å². The standard InChI is InChI=1S/C31H27NO6/c1-5-36-29(34)24-25(30(35)37-6-2)31(38-28(24)32-26-18(3)12-11-13-19(26)4)23-17-10-9-15-21(23)20-14-7-8-16-22(20)27(31)33/h7-17H,5-6H2,1-4H3. The summed E-state index contributed by atoms with van der Waals surface area (Å²) in [5.74, 6) is -2.30. The Morgan fingerprint density at radius 1 is 0.789 bits per heavy atom. The van der Waals surface area contributed by atoms with Gasteiger partial charge in [0, 0.05) is 11.1 Å². The summed E-state index contributed by atoms with van der Waals surface area (Å²) >= 11 is 0. The molecule has 0 saturated heterocycles. The number of ketones is 1. The lowest BCUT2D eigenvalue weighted by Crippen LogP contribution is -2.44. The minimum absolute atomic E-state index is 0.0321. The zero-order valence-electron chi connectivity index (χ0n) is 21.7. The van der Waals surface area contributed by atoms with E-state index in [1.165, 1.54) is 0 Å². The first-order valence-electron chi connectivity index (χ1n) is 12.5. The van der Waals surface area contributed by atoms with Crippen LogP contribution in [-0.2, 0) is 29.4 Å². The van der Waals surface area contributed by atoms with Crippen LogP contribution in [0, 0.1) is 13.8 Å². The molecule has 1 atom stereocenters. The highest BCUT2D eigenvalue weighted by Gasteiger charge is 2.61. The van der Waals surface area contributed by atoms with Gasteiger partial charge in [0.1, 0.15) is 11.1 Å². The number of aliphatic imine (C=N–C) groups is 1. The lowest BCUT2D eigenvalue weighted by atomic mass is 9.71. The number of Topliss-reactive ketones (excluding diaryl/α,β-unsaturated/α-hetero) is 1. The Kier molecular flexibility index (Phi) is 6.45. The van der Waals surface area contributed by atoms with E-state index in [1.807, 2.05) is 56.3 Å². The van der Waals surface area contributed by atoms with Crippen molar-refractivity contribution in [2.45, 2.75) is 33.3 Å². The largest absolute Gasteiger partial charge is 0.462 e. The molecule has 1 aliphatic carbocycles. The molecule has 3 aromatic rings. The summed E-state index contributed by atoms with van der Waals surface area (Å²) in [5.41, 5.74) is 2.04. The zero-order chi connectivity index (χ0) is 27.0. The van der Waals surface area contributed by atoms with Gasteiger partial charge in [0.25, 0.3) is 0 Å². The zero-order valence-corrected chi connectivity index (χ0v) is 21.7. The molecule has 38 heavy (non-hydrogen) atoms. The van der Waals surface area contributed by atoms with Crippen LogP contribution in [-0.4, -0.2) is 36.8 Å². The predicted octanol–water partition coefficient (Wildman–Crippen LogP) is 5.55. The van der Waals surface area contributed by atoms with Gasteiger partial charge in [0.2, 0.25) is 17.3 Å². The summed E-state index contributed by atoms with van der Waals surface area (Å²) in [6, 6.07) is 20.0. The van der Waals surface area contributed by atoms with Crippen LogP contribution >= 0.6 is 0 Å². The van der Waals surface area contributed by atoms with Crippen molar-refractivity contribution < 1.29 is 28.6 Å². The van der Waals surface area contributed by atoms with Crippen molar-refractivity contribution in [2.24, 2.45) is 4.99 Å². The molecular formula is C31H27NO6. The van der Waals surface area contributed by atoms with Gasteiger partial charge in [-0.25, -0.2) is 14.6 Å². The van der Waals surface area contributed by atoms with Crippen LogP contribution in [0.2, 0.25) is 0 Å². The maximum atomic E-state index is 14.4. The number of carbonyl (C=O) groups is 3. The molecule has 0 amide bonds. The SMILES string of the molecule is CCOC(=O)C1=C(C(=O)OCC)C2(OC1=Nc1c(C)cccc1C)C(=O)c1ccccc1-c1ccccc12. The number of ether oxygens (including phenoxy) is 3. The summed E-state index contributed by atoms with van der Waals surface area (Å²) < 4.78 is 17.3. The molecule has 5 rings (SSSR count). The molecule has 0 N–H and O–H groups in total. The van der Waals surface area contributed by atoms with Crippen LogP contribution in [0.25, 0.3) is 11.1 Å². The smallest absolute Gasteiger partial charge is 0.344 e. The van der Waals surface area contributed by atoms with E-state index in [9.17, 15) is 14.4 Å². The van der Waals surface area contributed by atoms with Gasteiger partial charge in [0.15, 0.2) is 0 Å². The Morgan fingerprint density at radius 3 is 2.03 bits per heavy atom. The van der Waals surface area contributed by atoms with Crippen LogP contribution in [0.3, 0.4) is 0 Å². The highest BCUT2D eigenvalue weighted by Crippen LogP contribution is 2.52. The Hall–Kier alpha value is -4.52. The van der Waals surface area contributed by atoms with Gasteiger partial charge < -0.3 is 14.2 Å². The molecule has 1 unspecified atom stereocenters. The Labute approximate surface area is 220 Å². The van der Waals surface area contributed by atoms with E-state index in [-0.39, 0.29) is 30.3 Å². The fourth-order valence-electron chi connectivity index (χ4n) is 5.14. The molecule has 1 heterocycles. The van der Waals surface area contributed by atoms with Gasteiger partial charge in [-0.05, 0) is 49.9 Å². The lowest BCUT2D eigenvalue weighted by Gasteiger charge is -2.35. The number of benzene rings is 3. The topological polar surface area (TPSA) is 91.3 Å². The maximum absolute atomic E-state index is 14.4. The van der Waals surface area contributed by atoms with Crippen LogP contribution in [0.1, 0.15) is 40.9 Å². The van der Waals surface area contributed by atoms with Gasteiger partial charge in [-0.15, -0.1) is 0 Å². The van der Waals surface area contributed by atoms with E-state index in [2.05, 4.69) is 0 Å². The molecule has 0 saturated carbocycles. The Morgan fingerprint density at radius 2 is 1.37 bits per heavy atom. The third-order valence-electron chi connectivity index (χ3n) is 6.77. The number of hydrogen-bond acceptors (Lipinski definition) is 7. The van der Waals surface area contributed by atoms with Crippen molar-refractivity contribution in [1.82, 2.24) is 0 Å². The number of carbonyl (C=O) groups excluding carboxylic acids is 3. The maximum Gasteiger partial charge on any atom is 0.344 e.